The van der Waals surface area contributed by atoms with Crippen LogP contribution in [0.1, 0.15) is 48.2 Å². The van der Waals surface area contributed by atoms with Gasteiger partial charge in [-0.2, -0.15) is 0 Å². The second-order valence-corrected chi connectivity index (χ2v) is 10.3. The van der Waals surface area contributed by atoms with E-state index < -0.39 is 23.8 Å². The number of halogens is 4. The highest BCUT2D eigenvalue weighted by Crippen LogP contribution is 2.29. The lowest BCUT2D eigenvalue weighted by Gasteiger charge is -2.29. The number of hydrogen-bond acceptors (Lipinski definition) is 6. The van der Waals surface area contributed by atoms with Gasteiger partial charge >= 0.3 is 5.69 Å². The van der Waals surface area contributed by atoms with Crippen LogP contribution in [0, 0.1) is 11.7 Å². The molecule has 0 aliphatic heterocycles. The van der Waals surface area contributed by atoms with Crippen molar-refractivity contribution in [1.82, 2.24) is 24.4 Å². The van der Waals surface area contributed by atoms with E-state index in [2.05, 4.69) is 15.3 Å². The summed E-state index contributed by atoms with van der Waals surface area (Å²) in [5.74, 6) is -1.55. The predicted octanol–water partition coefficient (Wildman–Crippen LogP) is 4.67. The largest absolute Gasteiger partial charge is 0.473 e. The fourth-order valence-corrected chi connectivity index (χ4v) is 5.39. The van der Waals surface area contributed by atoms with Gasteiger partial charge in [0.2, 0.25) is 0 Å². The third kappa shape index (κ3) is 6.08. The summed E-state index contributed by atoms with van der Waals surface area (Å²) < 4.78 is 49.4. The molecule has 1 aromatic carbocycles. The van der Waals surface area contributed by atoms with E-state index in [0.717, 1.165) is 6.20 Å². The van der Waals surface area contributed by atoms with E-state index >= 15 is 0 Å². The SMILES string of the molecule is O=C(NC1CCC(Cn2c(=O)n(-c3cnc(OCCO)c(F)c3)c3ccccc32)CC1)c1cc(Cl)cnc1C(F)F. The van der Waals surface area contributed by atoms with E-state index in [9.17, 15) is 22.8 Å². The van der Waals surface area contributed by atoms with Gasteiger partial charge in [-0.15, -0.1) is 0 Å². The van der Waals surface area contributed by atoms with Gasteiger partial charge in [0.1, 0.15) is 12.3 Å². The van der Waals surface area contributed by atoms with E-state index in [-0.39, 0.29) is 53.0 Å². The molecular formula is C28H27ClF3N5O4. The van der Waals surface area contributed by atoms with Crippen molar-refractivity contribution in [2.24, 2.45) is 5.92 Å². The number of nitrogens with one attached hydrogen (secondary N) is 1. The lowest BCUT2D eigenvalue weighted by molar-refractivity contribution is 0.0904. The summed E-state index contributed by atoms with van der Waals surface area (Å²) in [4.78, 5) is 33.9. The van der Waals surface area contributed by atoms with Crippen molar-refractivity contribution in [3.8, 4) is 11.6 Å². The Hall–Kier alpha value is -3.90. The smallest absolute Gasteiger partial charge is 0.333 e. The number of fused-ring (bicyclic) bond motifs is 1. The number of carbonyl (C=O) groups excluding carboxylic acids is 1. The summed E-state index contributed by atoms with van der Waals surface area (Å²) in [6.07, 6.45) is 2.11. The first-order valence-corrected chi connectivity index (χ1v) is 13.5. The van der Waals surface area contributed by atoms with Crippen molar-refractivity contribution in [2.45, 2.75) is 44.7 Å². The first-order valence-electron chi connectivity index (χ1n) is 13.1. The van der Waals surface area contributed by atoms with Crippen LogP contribution in [-0.2, 0) is 6.54 Å². The number of ether oxygens (including phenoxy) is 1. The molecule has 0 radical (unpaired) electrons. The van der Waals surface area contributed by atoms with Gasteiger partial charge in [0.15, 0.2) is 5.82 Å². The van der Waals surface area contributed by atoms with Crippen LogP contribution in [0.4, 0.5) is 13.2 Å². The Kier molecular flexibility index (Phi) is 8.60. The molecule has 1 saturated carbocycles. The molecule has 4 aromatic rings. The number of carbonyl (C=O) groups is 1. The lowest BCUT2D eigenvalue weighted by atomic mass is 9.85. The number of nitrogens with zero attached hydrogens (tertiary/aromatic N) is 4. The van der Waals surface area contributed by atoms with E-state index in [1.165, 1.54) is 22.9 Å². The van der Waals surface area contributed by atoms with Gasteiger partial charge < -0.3 is 15.2 Å². The summed E-state index contributed by atoms with van der Waals surface area (Å²) >= 11 is 5.88. The van der Waals surface area contributed by atoms with Crippen molar-refractivity contribution in [1.29, 1.82) is 0 Å². The van der Waals surface area contributed by atoms with E-state index in [1.807, 2.05) is 12.1 Å². The number of para-hydroxylation sites is 2. The Bertz CT molecular complexity index is 1620. The number of aliphatic hydroxyl groups is 1. The second kappa shape index (κ2) is 12.3. The van der Waals surface area contributed by atoms with Crippen LogP contribution in [-0.4, -0.2) is 49.4 Å². The van der Waals surface area contributed by atoms with Gasteiger partial charge in [-0.3, -0.25) is 18.9 Å². The second-order valence-electron chi connectivity index (χ2n) is 9.85. The molecule has 1 amide bonds. The molecule has 3 heterocycles. The Labute approximate surface area is 237 Å². The molecule has 0 unspecified atom stereocenters. The van der Waals surface area contributed by atoms with Crippen LogP contribution in [0.15, 0.2) is 53.6 Å². The number of alkyl halides is 2. The molecule has 1 fully saturated rings. The molecule has 1 aliphatic rings. The molecular weight excluding hydrogens is 563 g/mol. The highest BCUT2D eigenvalue weighted by molar-refractivity contribution is 6.30. The molecule has 9 nitrogen and oxygen atoms in total. The molecule has 2 N–H and O–H groups in total. The molecule has 3 aromatic heterocycles. The zero-order valence-electron chi connectivity index (χ0n) is 21.8. The third-order valence-corrected chi connectivity index (χ3v) is 7.38. The maximum Gasteiger partial charge on any atom is 0.333 e. The average molecular weight is 590 g/mol. The fraction of sp³-hybridized carbons (Fsp3) is 0.357. The minimum Gasteiger partial charge on any atom is -0.473 e. The van der Waals surface area contributed by atoms with Crippen molar-refractivity contribution >= 4 is 28.5 Å². The number of hydrogen-bond donors (Lipinski definition) is 2. The molecule has 0 atom stereocenters. The van der Waals surface area contributed by atoms with Gasteiger partial charge in [0.05, 0.1) is 40.1 Å². The predicted molar refractivity (Wildman–Crippen MR) is 145 cm³/mol. The number of benzene rings is 1. The van der Waals surface area contributed by atoms with Gasteiger partial charge in [0.25, 0.3) is 18.2 Å². The van der Waals surface area contributed by atoms with Crippen LogP contribution in [0.25, 0.3) is 16.7 Å². The zero-order chi connectivity index (χ0) is 29.1. The van der Waals surface area contributed by atoms with Crippen molar-refractivity contribution in [3.05, 3.63) is 81.4 Å². The summed E-state index contributed by atoms with van der Waals surface area (Å²) in [7, 11) is 0. The van der Waals surface area contributed by atoms with E-state index in [1.54, 1.807) is 16.7 Å². The Morgan fingerprint density at radius 3 is 2.54 bits per heavy atom. The van der Waals surface area contributed by atoms with E-state index in [0.29, 0.717) is 43.3 Å². The van der Waals surface area contributed by atoms with Crippen molar-refractivity contribution in [2.75, 3.05) is 13.2 Å². The normalized spacial score (nSPS) is 17.2. The topological polar surface area (TPSA) is 111 Å². The summed E-state index contributed by atoms with van der Waals surface area (Å²) in [5.41, 5.74) is 0.311. The maximum absolute atomic E-state index is 14.6. The number of amides is 1. The highest BCUT2D eigenvalue weighted by atomic mass is 35.5. The minimum absolute atomic E-state index is 0.0948. The van der Waals surface area contributed by atoms with Gasteiger partial charge in [-0.1, -0.05) is 23.7 Å². The Morgan fingerprint density at radius 1 is 1.12 bits per heavy atom. The summed E-state index contributed by atoms with van der Waals surface area (Å²) in [6, 6.07) is 9.33. The van der Waals surface area contributed by atoms with Crippen molar-refractivity contribution < 1.29 is 27.8 Å². The number of imidazole rings is 1. The fourth-order valence-electron chi connectivity index (χ4n) is 5.24. The maximum atomic E-state index is 14.6. The minimum atomic E-state index is -2.91. The van der Waals surface area contributed by atoms with Crippen LogP contribution in [0.5, 0.6) is 5.88 Å². The van der Waals surface area contributed by atoms with Crippen LogP contribution < -0.4 is 15.7 Å². The Morgan fingerprint density at radius 2 is 1.85 bits per heavy atom. The van der Waals surface area contributed by atoms with Gasteiger partial charge in [-0.05, 0) is 49.8 Å². The highest BCUT2D eigenvalue weighted by Gasteiger charge is 2.27. The monoisotopic (exact) mass is 589 g/mol. The molecule has 216 valence electrons. The third-order valence-electron chi connectivity index (χ3n) is 7.18. The molecule has 13 heteroatoms. The van der Waals surface area contributed by atoms with Gasteiger partial charge in [-0.25, -0.2) is 22.9 Å². The Balaban J connectivity index is 1.30. The molecule has 1 aliphatic carbocycles. The number of aromatic nitrogens is 4. The van der Waals surface area contributed by atoms with E-state index in [4.69, 9.17) is 21.4 Å². The zero-order valence-corrected chi connectivity index (χ0v) is 22.5. The molecule has 41 heavy (non-hydrogen) atoms. The summed E-state index contributed by atoms with van der Waals surface area (Å²) in [5, 5.41) is 11.8. The molecule has 0 saturated heterocycles. The standard InChI is InChI=1S/C28H27ClF3N5O4/c29-17-11-20(24(25(31)32)33-13-17)26(39)35-18-7-5-16(6-8-18)15-36-22-3-1-2-4-23(22)37(28(36)40)19-12-21(30)27(34-14-19)41-10-9-38/h1-4,11-14,16,18,25,38H,5-10,15H2,(H,35,39). The van der Waals surface area contributed by atoms with Crippen LogP contribution in [0.3, 0.4) is 0 Å². The van der Waals surface area contributed by atoms with Crippen molar-refractivity contribution in [3.63, 3.8) is 0 Å². The summed E-state index contributed by atoms with van der Waals surface area (Å²) in [6.45, 7) is 0.0144. The quantitative estimate of drug-likeness (QED) is 0.293. The first-order chi connectivity index (χ1) is 19.8. The molecule has 0 bridgehead atoms. The molecule has 0 spiro atoms. The number of aliphatic hydroxyl groups excluding tert-OH is 1. The number of pyridine rings is 2. The molecule has 5 rings (SSSR count). The van der Waals surface area contributed by atoms with Crippen LogP contribution >= 0.6 is 11.6 Å². The lowest BCUT2D eigenvalue weighted by Crippen LogP contribution is -2.39. The van der Waals surface area contributed by atoms with Crippen LogP contribution in [0.2, 0.25) is 5.02 Å². The number of rotatable bonds is 9. The average Bonchev–Trinajstić information content (AvgIpc) is 3.24. The first kappa shape index (κ1) is 28.6. The van der Waals surface area contributed by atoms with Gasteiger partial charge in [0, 0.05) is 24.8 Å².